The quantitative estimate of drug-likeness (QED) is 0.327. The summed E-state index contributed by atoms with van der Waals surface area (Å²) in [6.45, 7) is 1.25. The Bertz CT molecular complexity index is 1260. The normalized spacial score (nSPS) is 18.0. The number of carbonyl (C=O) groups excluding carboxylic acids is 3. The van der Waals surface area contributed by atoms with E-state index in [1.807, 2.05) is 36.2 Å². The monoisotopic (exact) mass is 605 g/mol. The van der Waals surface area contributed by atoms with Gasteiger partial charge in [-0.05, 0) is 68.5 Å². The minimum Gasteiger partial charge on any atom is -0.343 e. The van der Waals surface area contributed by atoms with Gasteiger partial charge < -0.3 is 21.3 Å². The van der Waals surface area contributed by atoms with Crippen LogP contribution in [0.3, 0.4) is 0 Å². The van der Waals surface area contributed by atoms with Gasteiger partial charge in [0, 0.05) is 26.1 Å². The molecule has 0 aromatic heterocycles. The summed E-state index contributed by atoms with van der Waals surface area (Å²) in [5.41, 5.74) is 7.82. The zero-order valence-electron chi connectivity index (χ0n) is 23.3. The molecule has 0 unspecified atom stereocenters. The topological polar surface area (TPSA) is 108 Å². The van der Waals surface area contributed by atoms with Gasteiger partial charge in [0.25, 0.3) is 0 Å². The van der Waals surface area contributed by atoms with Gasteiger partial charge in [-0.2, -0.15) is 0 Å². The van der Waals surface area contributed by atoms with E-state index in [4.69, 9.17) is 28.9 Å². The van der Waals surface area contributed by atoms with Crippen molar-refractivity contribution in [1.29, 1.82) is 0 Å². The highest BCUT2D eigenvalue weighted by Crippen LogP contribution is 2.30. The summed E-state index contributed by atoms with van der Waals surface area (Å²) in [4.78, 5) is 43.5. The SMILES string of the molecule is CN(C(=O)CCCN1Cc2ccccc2C[C@H]1C(=O)N[C@@H](CCN)C(=O)Nc1ccc(Cl)c(Cl)c1F)C1CCCC1. The third kappa shape index (κ3) is 7.77. The standard InChI is InChI=1S/C30H38Cl2FN5O3/c1-37(21-9-4-5-10-21)26(39)11-6-16-38-18-20-8-3-2-7-19(20)17-25(38)30(41)36-24(14-15-34)29(40)35-23-13-12-22(31)27(32)28(23)33/h2-3,7-8,12-13,21,24-25H,4-6,9-11,14-18,34H2,1H3,(H,35,40)(H,36,41)/t24-,25-/m0/s1. The van der Waals surface area contributed by atoms with Crippen LogP contribution in [-0.4, -0.2) is 65.8 Å². The van der Waals surface area contributed by atoms with Gasteiger partial charge in [0.15, 0.2) is 5.82 Å². The fourth-order valence-electron chi connectivity index (χ4n) is 5.72. The summed E-state index contributed by atoms with van der Waals surface area (Å²) in [6.07, 6.45) is 6.10. The van der Waals surface area contributed by atoms with Crippen LogP contribution in [0.2, 0.25) is 10.0 Å². The molecule has 1 heterocycles. The van der Waals surface area contributed by atoms with Crippen molar-refractivity contribution in [3.63, 3.8) is 0 Å². The van der Waals surface area contributed by atoms with E-state index in [0.29, 0.717) is 38.4 Å². The molecule has 4 N–H and O–H groups in total. The number of halogens is 3. The first-order valence-electron chi connectivity index (χ1n) is 14.2. The Morgan fingerprint density at radius 2 is 1.83 bits per heavy atom. The lowest BCUT2D eigenvalue weighted by Gasteiger charge is -2.36. The van der Waals surface area contributed by atoms with Crippen molar-refractivity contribution in [2.24, 2.45) is 5.73 Å². The summed E-state index contributed by atoms with van der Waals surface area (Å²) < 4.78 is 14.6. The van der Waals surface area contributed by atoms with Gasteiger partial charge in [-0.1, -0.05) is 60.3 Å². The average molecular weight is 607 g/mol. The molecule has 2 aromatic rings. The molecule has 1 aliphatic heterocycles. The lowest BCUT2D eigenvalue weighted by Crippen LogP contribution is -2.55. The number of rotatable bonds is 11. The van der Waals surface area contributed by atoms with Crippen molar-refractivity contribution in [2.45, 2.75) is 76.0 Å². The maximum atomic E-state index is 14.6. The van der Waals surface area contributed by atoms with Crippen molar-refractivity contribution in [2.75, 3.05) is 25.5 Å². The lowest BCUT2D eigenvalue weighted by molar-refractivity contribution is -0.132. The number of nitrogens with two attached hydrogens (primary N) is 1. The lowest BCUT2D eigenvalue weighted by atomic mass is 9.93. The van der Waals surface area contributed by atoms with Crippen LogP contribution in [-0.2, 0) is 27.3 Å². The molecule has 2 aliphatic rings. The van der Waals surface area contributed by atoms with E-state index in [0.717, 1.165) is 36.8 Å². The fraction of sp³-hybridized carbons (Fsp3) is 0.500. The summed E-state index contributed by atoms with van der Waals surface area (Å²) in [7, 11) is 1.89. The number of hydrogen-bond acceptors (Lipinski definition) is 5. The molecule has 0 radical (unpaired) electrons. The second-order valence-electron chi connectivity index (χ2n) is 10.9. The van der Waals surface area contributed by atoms with Crippen LogP contribution < -0.4 is 16.4 Å². The van der Waals surface area contributed by atoms with Crippen LogP contribution in [0.25, 0.3) is 0 Å². The van der Waals surface area contributed by atoms with Crippen molar-refractivity contribution < 1.29 is 18.8 Å². The van der Waals surface area contributed by atoms with Gasteiger partial charge in [-0.15, -0.1) is 0 Å². The largest absolute Gasteiger partial charge is 0.343 e. The molecule has 8 nitrogen and oxygen atoms in total. The number of benzene rings is 2. The predicted octanol–water partition coefficient (Wildman–Crippen LogP) is 4.51. The molecular weight excluding hydrogens is 568 g/mol. The average Bonchev–Trinajstić information content (AvgIpc) is 3.51. The van der Waals surface area contributed by atoms with Gasteiger partial charge in [-0.3, -0.25) is 19.3 Å². The number of hydrogen-bond donors (Lipinski definition) is 3. The summed E-state index contributed by atoms with van der Waals surface area (Å²) in [6, 6.07) is 9.46. The number of amides is 3. The van der Waals surface area contributed by atoms with E-state index in [9.17, 15) is 18.8 Å². The molecule has 2 aromatic carbocycles. The molecule has 11 heteroatoms. The number of nitrogens with one attached hydrogen (secondary N) is 2. The van der Waals surface area contributed by atoms with Crippen molar-refractivity contribution in [3.05, 3.63) is 63.4 Å². The highest BCUT2D eigenvalue weighted by molar-refractivity contribution is 6.42. The molecule has 4 rings (SSSR count). The van der Waals surface area contributed by atoms with Gasteiger partial charge in [0.1, 0.15) is 6.04 Å². The van der Waals surface area contributed by atoms with E-state index in [-0.39, 0.29) is 40.5 Å². The molecule has 0 bridgehead atoms. The van der Waals surface area contributed by atoms with Crippen LogP contribution in [0.1, 0.15) is 56.1 Å². The molecule has 3 amide bonds. The maximum Gasteiger partial charge on any atom is 0.247 e. The minimum absolute atomic E-state index is 0.0264. The highest BCUT2D eigenvalue weighted by atomic mass is 35.5. The van der Waals surface area contributed by atoms with Gasteiger partial charge in [0.05, 0.1) is 21.8 Å². The third-order valence-corrected chi connectivity index (χ3v) is 8.91. The van der Waals surface area contributed by atoms with Crippen LogP contribution in [0.5, 0.6) is 0 Å². The van der Waals surface area contributed by atoms with Crippen LogP contribution in [0.15, 0.2) is 36.4 Å². The highest BCUT2D eigenvalue weighted by Gasteiger charge is 2.34. The Kier molecular flexibility index (Phi) is 11.0. The van der Waals surface area contributed by atoms with E-state index in [1.165, 1.54) is 12.1 Å². The second-order valence-corrected chi connectivity index (χ2v) is 11.6. The molecule has 1 fully saturated rings. The molecule has 0 saturated heterocycles. The zero-order valence-corrected chi connectivity index (χ0v) is 24.8. The smallest absolute Gasteiger partial charge is 0.247 e. The Balaban J connectivity index is 1.43. The molecule has 41 heavy (non-hydrogen) atoms. The van der Waals surface area contributed by atoms with E-state index >= 15 is 0 Å². The van der Waals surface area contributed by atoms with E-state index < -0.39 is 23.8 Å². The van der Waals surface area contributed by atoms with Gasteiger partial charge in [-0.25, -0.2) is 4.39 Å². The molecule has 1 aliphatic carbocycles. The van der Waals surface area contributed by atoms with Crippen LogP contribution in [0.4, 0.5) is 10.1 Å². The van der Waals surface area contributed by atoms with E-state index in [1.54, 1.807) is 0 Å². The molecule has 2 atom stereocenters. The first-order chi connectivity index (χ1) is 19.7. The Morgan fingerprint density at radius 3 is 2.54 bits per heavy atom. The summed E-state index contributed by atoms with van der Waals surface area (Å²) >= 11 is 11.7. The minimum atomic E-state index is -0.984. The molecule has 222 valence electrons. The number of carbonyl (C=O) groups is 3. The Hall–Kier alpha value is -2.72. The Labute approximate surface area is 250 Å². The molecule has 1 saturated carbocycles. The van der Waals surface area contributed by atoms with E-state index in [2.05, 4.69) is 15.5 Å². The Morgan fingerprint density at radius 1 is 1.12 bits per heavy atom. The number of anilines is 1. The third-order valence-electron chi connectivity index (χ3n) is 8.13. The number of nitrogens with zero attached hydrogens (tertiary/aromatic N) is 2. The van der Waals surface area contributed by atoms with Crippen LogP contribution >= 0.6 is 23.2 Å². The van der Waals surface area contributed by atoms with Gasteiger partial charge >= 0.3 is 0 Å². The first kappa shape index (κ1) is 31.2. The molecular formula is C30H38Cl2FN5O3. The number of fused-ring (bicyclic) bond motifs is 1. The van der Waals surface area contributed by atoms with Crippen molar-refractivity contribution in [1.82, 2.24) is 15.1 Å². The molecule has 0 spiro atoms. The summed E-state index contributed by atoms with van der Waals surface area (Å²) in [5.74, 6) is -1.65. The summed E-state index contributed by atoms with van der Waals surface area (Å²) in [5, 5.41) is 5.06. The van der Waals surface area contributed by atoms with Gasteiger partial charge in [0.2, 0.25) is 17.7 Å². The zero-order chi connectivity index (χ0) is 29.5. The van der Waals surface area contributed by atoms with Crippen LogP contribution in [0, 0.1) is 5.82 Å². The van der Waals surface area contributed by atoms with Crippen molar-refractivity contribution in [3.8, 4) is 0 Å². The fourth-order valence-corrected chi connectivity index (χ4v) is 6.03. The maximum absolute atomic E-state index is 14.6. The van der Waals surface area contributed by atoms with Crippen molar-refractivity contribution >= 4 is 46.6 Å². The predicted molar refractivity (Wildman–Crippen MR) is 159 cm³/mol. The second kappa shape index (κ2) is 14.4. The first-order valence-corrected chi connectivity index (χ1v) is 15.0.